The highest BCUT2D eigenvalue weighted by Crippen LogP contribution is 2.24. The van der Waals surface area contributed by atoms with Crippen LogP contribution in [0.15, 0.2) is 30.3 Å². The third-order valence-corrected chi connectivity index (χ3v) is 3.06. The van der Waals surface area contributed by atoms with Crippen LogP contribution >= 0.6 is 0 Å². The number of benzene rings is 1. The van der Waals surface area contributed by atoms with E-state index in [9.17, 15) is 4.79 Å². The van der Waals surface area contributed by atoms with Gasteiger partial charge in [0.05, 0.1) is 7.11 Å². The second kappa shape index (κ2) is 5.61. The molecule has 0 fully saturated rings. The molecular formula is C15H18N2O2. The lowest BCUT2D eigenvalue weighted by molar-refractivity contribution is 0.0602. The monoisotopic (exact) mass is 258 g/mol. The smallest absolute Gasteiger partial charge is 0.341 e. The fraction of sp³-hybridized carbons (Fsp3) is 0.267. The lowest BCUT2D eigenvalue weighted by Gasteiger charge is -2.01. The summed E-state index contributed by atoms with van der Waals surface area (Å²) in [4.78, 5) is 14.5. The molecule has 1 aromatic carbocycles. The lowest BCUT2D eigenvalue weighted by Crippen LogP contribution is -2.02. The van der Waals surface area contributed by atoms with Crippen molar-refractivity contribution in [3.8, 4) is 11.3 Å². The van der Waals surface area contributed by atoms with Gasteiger partial charge >= 0.3 is 5.97 Å². The molecule has 3 N–H and O–H groups in total. The van der Waals surface area contributed by atoms with Crippen molar-refractivity contribution in [3.63, 3.8) is 0 Å². The third kappa shape index (κ3) is 2.78. The van der Waals surface area contributed by atoms with E-state index in [-0.39, 0.29) is 0 Å². The van der Waals surface area contributed by atoms with Crippen molar-refractivity contribution in [2.75, 3.05) is 12.8 Å². The summed E-state index contributed by atoms with van der Waals surface area (Å²) in [6.07, 6.45) is 2.20. The number of ether oxygens (including phenoxy) is 1. The minimum atomic E-state index is -0.428. The summed E-state index contributed by atoms with van der Waals surface area (Å²) in [6, 6.07) is 9.95. The number of nitrogens with one attached hydrogen (secondary N) is 1. The molecule has 0 saturated heterocycles. The minimum Gasteiger partial charge on any atom is -0.465 e. The quantitative estimate of drug-likeness (QED) is 0.828. The van der Waals surface area contributed by atoms with Crippen LogP contribution in [0.3, 0.4) is 0 Å². The Balaban J connectivity index is 2.29. The zero-order valence-corrected chi connectivity index (χ0v) is 11.2. The van der Waals surface area contributed by atoms with E-state index in [4.69, 9.17) is 5.73 Å². The molecule has 0 amide bonds. The van der Waals surface area contributed by atoms with Crippen molar-refractivity contribution in [3.05, 3.63) is 41.5 Å². The summed E-state index contributed by atoms with van der Waals surface area (Å²) < 4.78 is 4.68. The largest absolute Gasteiger partial charge is 0.465 e. The van der Waals surface area contributed by atoms with Gasteiger partial charge in [-0.05, 0) is 23.6 Å². The van der Waals surface area contributed by atoms with Gasteiger partial charge < -0.3 is 15.5 Å². The topological polar surface area (TPSA) is 68.1 Å². The Hall–Kier alpha value is -2.23. The average molecular weight is 258 g/mol. The molecule has 0 aliphatic carbocycles. The van der Waals surface area contributed by atoms with Crippen LogP contribution in [0.25, 0.3) is 11.3 Å². The first-order chi connectivity index (χ1) is 9.15. The second-order valence-electron chi connectivity index (χ2n) is 4.45. The highest BCUT2D eigenvalue weighted by molar-refractivity contribution is 5.96. The molecule has 0 radical (unpaired) electrons. The van der Waals surface area contributed by atoms with Crippen molar-refractivity contribution in [1.29, 1.82) is 0 Å². The molecule has 1 heterocycles. The molecule has 2 aromatic rings. The minimum absolute atomic E-state index is 0.333. The van der Waals surface area contributed by atoms with Gasteiger partial charge in [0.2, 0.25) is 0 Å². The molecule has 0 bridgehead atoms. The number of nitrogen functional groups attached to an aromatic ring is 1. The zero-order valence-electron chi connectivity index (χ0n) is 11.2. The summed E-state index contributed by atoms with van der Waals surface area (Å²) in [6.45, 7) is 2.15. The Morgan fingerprint density at radius 3 is 2.58 bits per heavy atom. The molecule has 0 saturated carbocycles. The van der Waals surface area contributed by atoms with Crippen molar-refractivity contribution < 1.29 is 9.53 Å². The van der Waals surface area contributed by atoms with Crippen LogP contribution < -0.4 is 5.73 Å². The number of anilines is 1. The summed E-state index contributed by atoms with van der Waals surface area (Å²) in [7, 11) is 1.34. The molecule has 2 rings (SSSR count). The van der Waals surface area contributed by atoms with E-state index >= 15 is 0 Å². The average Bonchev–Trinajstić information content (AvgIpc) is 2.81. The first-order valence-electron chi connectivity index (χ1n) is 6.31. The van der Waals surface area contributed by atoms with Gasteiger partial charge in [-0.2, -0.15) is 0 Å². The van der Waals surface area contributed by atoms with Gasteiger partial charge in [-0.3, -0.25) is 0 Å². The highest BCUT2D eigenvalue weighted by Gasteiger charge is 2.14. The number of carbonyl (C=O) groups is 1. The molecule has 0 spiro atoms. The molecule has 4 heteroatoms. The predicted octanol–water partition coefficient (Wildman–Crippen LogP) is 3.00. The molecule has 1 aromatic heterocycles. The maximum absolute atomic E-state index is 11.5. The molecule has 0 aliphatic heterocycles. The number of hydrogen-bond donors (Lipinski definition) is 2. The third-order valence-electron chi connectivity index (χ3n) is 3.06. The van der Waals surface area contributed by atoms with Gasteiger partial charge in [0.15, 0.2) is 0 Å². The summed E-state index contributed by atoms with van der Waals surface area (Å²) >= 11 is 0. The normalized spacial score (nSPS) is 10.4. The Kier molecular flexibility index (Phi) is 3.90. The van der Waals surface area contributed by atoms with Gasteiger partial charge in [-0.25, -0.2) is 4.79 Å². The van der Waals surface area contributed by atoms with E-state index in [1.807, 2.05) is 12.1 Å². The van der Waals surface area contributed by atoms with Gasteiger partial charge in [0.25, 0.3) is 0 Å². The van der Waals surface area contributed by atoms with Crippen LogP contribution in [-0.2, 0) is 11.2 Å². The lowest BCUT2D eigenvalue weighted by atomic mass is 10.1. The fourth-order valence-electron chi connectivity index (χ4n) is 2.04. The Bertz CT molecular complexity index is 570. The van der Waals surface area contributed by atoms with Crippen LogP contribution in [0.1, 0.15) is 29.3 Å². The zero-order chi connectivity index (χ0) is 13.8. The van der Waals surface area contributed by atoms with E-state index in [2.05, 4.69) is 28.8 Å². The molecular weight excluding hydrogens is 240 g/mol. The highest BCUT2D eigenvalue weighted by atomic mass is 16.5. The van der Waals surface area contributed by atoms with E-state index in [0.717, 1.165) is 24.1 Å². The molecule has 0 aliphatic rings. The van der Waals surface area contributed by atoms with Gasteiger partial charge in [0.1, 0.15) is 11.4 Å². The first-order valence-corrected chi connectivity index (χ1v) is 6.31. The molecule has 0 unspecified atom stereocenters. The number of rotatable bonds is 4. The number of aryl methyl sites for hydroxylation is 1. The number of carbonyl (C=O) groups excluding carboxylic acids is 1. The summed E-state index contributed by atoms with van der Waals surface area (Å²) in [5, 5.41) is 0. The second-order valence-corrected chi connectivity index (χ2v) is 4.45. The number of hydrogen-bond acceptors (Lipinski definition) is 3. The van der Waals surface area contributed by atoms with Gasteiger partial charge in [0, 0.05) is 5.69 Å². The van der Waals surface area contributed by atoms with Crippen molar-refractivity contribution in [1.82, 2.24) is 4.98 Å². The molecule has 0 atom stereocenters. The number of aromatic nitrogens is 1. The van der Waals surface area contributed by atoms with Crippen LogP contribution in [0, 0.1) is 0 Å². The number of esters is 1. The van der Waals surface area contributed by atoms with E-state index in [0.29, 0.717) is 11.4 Å². The van der Waals surface area contributed by atoms with Crippen LogP contribution in [0.4, 0.5) is 5.82 Å². The van der Waals surface area contributed by atoms with Crippen LogP contribution in [0.5, 0.6) is 0 Å². The first kappa shape index (κ1) is 13.2. The molecule has 19 heavy (non-hydrogen) atoms. The molecule has 100 valence electrons. The maximum atomic E-state index is 11.5. The van der Waals surface area contributed by atoms with E-state index in [1.165, 1.54) is 12.7 Å². The van der Waals surface area contributed by atoms with Crippen LogP contribution in [0.2, 0.25) is 0 Å². The number of aromatic amines is 1. The van der Waals surface area contributed by atoms with Crippen molar-refractivity contribution in [2.45, 2.75) is 19.8 Å². The van der Waals surface area contributed by atoms with Crippen molar-refractivity contribution >= 4 is 11.8 Å². The Labute approximate surface area is 112 Å². The number of nitrogens with two attached hydrogens (primary N) is 1. The summed E-state index contributed by atoms with van der Waals surface area (Å²) in [5.41, 5.74) is 9.27. The van der Waals surface area contributed by atoms with Crippen molar-refractivity contribution in [2.24, 2.45) is 0 Å². The SMILES string of the molecule is CCCc1ccc(-c2cc(C(=O)OC)c(N)[nH]2)cc1. The predicted molar refractivity (Wildman–Crippen MR) is 76.0 cm³/mol. The Morgan fingerprint density at radius 2 is 2.00 bits per heavy atom. The molecule has 4 nitrogen and oxygen atoms in total. The summed E-state index contributed by atoms with van der Waals surface area (Å²) in [5.74, 6) is -0.0953. The van der Waals surface area contributed by atoms with Gasteiger partial charge in [-0.1, -0.05) is 37.6 Å². The maximum Gasteiger partial charge on any atom is 0.341 e. The number of methoxy groups -OCH3 is 1. The van der Waals surface area contributed by atoms with E-state index in [1.54, 1.807) is 6.07 Å². The van der Waals surface area contributed by atoms with Crippen LogP contribution in [-0.4, -0.2) is 18.1 Å². The standard InChI is InChI=1S/C15H18N2O2/c1-3-4-10-5-7-11(8-6-10)13-9-12(14(16)17-13)15(18)19-2/h5-9,17H,3-4,16H2,1-2H3. The number of H-pyrrole nitrogens is 1. The van der Waals surface area contributed by atoms with E-state index < -0.39 is 5.97 Å². The van der Waals surface area contributed by atoms with Gasteiger partial charge in [-0.15, -0.1) is 0 Å². The fourth-order valence-corrected chi connectivity index (χ4v) is 2.04. The Morgan fingerprint density at radius 1 is 1.32 bits per heavy atom.